The molecule has 1 aliphatic heterocycles. The molecule has 1 N–H and O–H groups in total. The van der Waals surface area contributed by atoms with Crippen molar-refractivity contribution in [2.24, 2.45) is 0 Å². The lowest BCUT2D eigenvalue weighted by molar-refractivity contribution is -0.124. The predicted octanol–water partition coefficient (Wildman–Crippen LogP) is 3.20. The Balaban J connectivity index is 1.42. The molecule has 1 aromatic heterocycles. The van der Waals surface area contributed by atoms with Crippen LogP contribution in [0.5, 0.6) is 5.75 Å². The van der Waals surface area contributed by atoms with Crippen molar-refractivity contribution in [2.75, 3.05) is 19.7 Å². The van der Waals surface area contributed by atoms with Crippen LogP contribution in [0.3, 0.4) is 0 Å². The van der Waals surface area contributed by atoms with Crippen molar-refractivity contribution in [3.05, 3.63) is 54.0 Å². The minimum atomic E-state index is -0.135. The smallest absolute Gasteiger partial charge is 0.258 e. The van der Waals surface area contributed by atoms with E-state index in [2.05, 4.69) is 25.2 Å². The molecular weight excluding hydrogens is 344 g/mol. The lowest BCUT2D eigenvalue weighted by Crippen LogP contribution is -2.47. The number of carbonyl (C=O) groups excluding carboxylic acids is 2. The number of carbonyl (C=O) groups is 2. The van der Waals surface area contributed by atoms with Gasteiger partial charge in [-0.25, -0.2) is 0 Å². The average Bonchev–Trinajstić information content (AvgIpc) is 3.21. The van der Waals surface area contributed by atoms with E-state index in [-0.39, 0.29) is 24.5 Å². The summed E-state index contributed by atoms with van der Waals surface area (Å²) in [6.07, 6.45) is 4.43. The van der Waals surface area contributed by atoms with Crippen LogP contribution in [0.25, 0.3) is 0 Å². The van der Waals surface area contributed by atoms with E-state index in [1.807, 2.05) is 18.2 Å². The molecule has 0 radical (unpaired) electrons. The van der Waals surface area contributed by atoms with Gasteiger partial charge in [-0.1, -0.05) is 26.0 Å². The molecule has 0 atom stereocenters. The summed E-state index contributed by atoms with van der Waals surface area (Å²) in [5.74, 6) is 0.959. The summed E-state index contributed by atoms with van der Waals surface area (Å²) < 4.78 is 10.6. The number of furan rings is 1. The Bertz CT molecular complexity index is 762. The maximum absolute atomic E-state index is 12.3. The van der Waals surface area contributed by atoms with Crippen molar-refractivity contribution in [1.82, 2.24) is 10.2 Å². The molecule has 144 valence electrons. The van der Waals surface area contributed by atoms with Gasteiger partial charge in [-0.05, 0) is 42.5 Å². The first-order valence-corrected chi connectivity index (χ1v) is 9.36. The molecule has 27 heavy (non-hydrogen) atoms. The number of rotatable bonds is 6. The summed E-state index contributed by atoms with van der Waals surface area (Å²) in [6.45, 7) is 5.47. The van der Waals surface area contributed by atoms with Crippen LogP contribution in [-0.4, -0.2) is 42.5 Å². The van der Waals surface area contributed by atoms with Crippen LogP contribution in [-0.2, 0) is 4.79 Å². The molecule has 0 saturated carbocycles. The minimum Gasteiger partial charge on any atom is -0.484 e. The summed E-state index contributed by atoms with van der Waals surface area (Å²) in [5.41, 5.74) is 1.75. The lowest BCUT2D eigenvalue weighted by Gasteiger charge is -2.32. The van der Waals surface area contributed by atoms with Gasteiger partial charge in [0.1, 0.15) is 12.0 Å². The van der Waals surface area contributed by atoms with E-state index < -0.39 is 0 Å². The van der Waals surface area contributed by atoms with E-state index in [0.29, 0.717) is 30.3 Å². The van der Waals surface area contributed by atoms with Crippen molar-refractivity contribution >= 4 is 11.8 Å². The molecule has 0 bridgehead atoms. The second-order valence-corrected chi connectivity index (χ2v) is 7.16. The van der Waals surface area contributed by atoms with E-state index in [9.17, 15) is 9.59 Å². The predicted molar refractivity (Wildman–Crippen MR) is 102 cm³/mol. The Hall–Kier alpha value is -2.76. The molecular formula is C21H26N2O4. The van der Waals surface area contributed by atoms with Crippen molar-refractivity contribution in [3.63, 3.8) is 0 Å². The average molecular weight is 370 g/mol. The number of amides is 2. The van der Waals surface area contributed by atoms with E-state index in [4.69, 9.17) is 9.15 Å². The molecule has 0 unspecified atom stereocenters. The van der Waals surface area contributed by atoms with Gasteiger partial charge in [0.25, 0.3) is 11.8 Å². The third-order valence-corrected chi connectivity index (χ3v) is 4.81. The van der Waals surface area contributed by atoms with Gasteiger partial charge in [-0.2, -0.15) is 0 Å². The Kier molecular flexibility index (Phi) is 6.16. The largest absolute Gasteiger partial charge is 0.484 e. The second kappa shape index (κ2) is 8.75. The summed E-state index contributed by atoms with van der Waals surface area (Å²) in [6, 6.07) is 9.56. The monoisotopic (exact) mass is 370 g/mol. The van der Waals surface area contributed by atoms with Crippen molar-refractivity contribution in [1.29, 1.82) is 0 Å². The van der Waals surface area contributed by atoms with Gasteiger partial charge in [0.2, 0.25) is 0 Å². The van der Waals surface area contributed by atoms with E-state index in [0.717, 1.165) is 12.8 Å². The summed E-state index contributed by atoms with van der Waals surface area (Å²) >= 11 is 0. The molecule has 1 aliphatic rings. The third kappa shape index (κ3) is 5.12. The lowest BCUT2D eigenvalue weighted by atomic mass is 10.0. The van der Waals surface area contributed by atoms with Gasteiger partial charge >= 0.3 is 0 Å². The van der Waals surface area contributed by atoms with Crippen LogP contribution in [0.2, 0.25) is 0 Å². The van der Waals surface area contributed by atoms with Crippen molar-refractivity contribution < 1.29 is 18.7 Å². The molecule has 6 nitrogen and oxygen atoms in total. The van der Waals surface area contributed by atoms with Crippen LogP contribution in [0.15, 0.2) is 47.3 Å². The van der Waals surface area contributed by atoms with Crippen LogP contribution < -0.4 is 10.1 Å². The third-order valence-electron chi connectivity index (χ3n) is 4.81. The molecule has 2 amide bonds. The van der Waals surface area contributed by atoms with Gasteiger partial charge < -0.3 is 19.4 Å². The highest BCUT2D eigenvalue weighted by atomic mass is 16.5. The van der Waals surface area contributed by atoms with E-state index in [1.165, 1.54) is 18.1 Å². The Morgan fingerprint density at radius 3 is 2.70 bits per heavy atom. The first kappa shape index (κ1) is 19.0. The zero-order chi connectivity index (χ0) is 19.2. The second-order valence-electron chi connectivity index (χ2n) is 7.16. The Labute approximate surface area is 159 Å². The Morgan fingerprint density at radius 2 is 2.04 bits per heavy atom. The molecule has 1 aromatic carbocycles. The van der Waals surface area contributed by atoms with Crippen LogP contribution in [0, 0.1) is 0 Å². The molecule has 1 saturated heterocycles. The number of likely N-dealkylation sites (tertiary alicyclic amines) is 1. The van der Waals surface area contributed by atoms with E-state index in [1.54, 1.807) is 11.0 Å². The fraction of sp³-hybridized carbons (Fsp3) is 0.429. The summed E-state index contributed by atoms with van der Waals surface area (Å²) in [5, 5.41) is 3.00. The zero-order valence-corrected chi connectivity index (χ0v) is 15.8. The first-order chi connectivity index (χ1) is 13.0. The number of nitrogens with one attached hydrogen (secondary N) is 1. The van der Waals surface area contributed by atoms with E-state index >= 15 is 0 Å². The summed E-state index contributed by atoms with van der Waals surface area (Å²) in [7, 11) is 0. The normalized spacial score (nSPS) is 15.0. The fourth-order valence-electron chi connectivity index (χ4n) is 3.18. The molecule has 2 aromatic rings. The van der Waals surface area contributed by atoms with Crippen molar-refractivity contribution in [3.8, 4) is 5.75 Å². The number of ether oxygens (including phenoxy) is 1. The van der Waals surface area contributed by atoms with Gasteiger partial charge in [-0.15, -0.1) is 0 Å². The Morgan fingerprint density at radius 1 is 1.26 bits per heavy atom. The topological polar surface area (TPSA) is 71.8 Å². The summed E-state index contributed by atoms with van der Waals surface area (Å²) in [4.78, 5) is 26.3. The van der Waals surface area contributed by atoms with Gasteiger partial charge in [0, 0.05) is 19.1 Å². The minimum absolute atomic E-state index is 0.00425. The molecule has 2 heterocycles. The highest BCUT2D eigenvalue weighted by Gasteiger charge is 2.25. The standard InChI is InChI=1S/C21H26N2O4/c1-15(2)16-4-3-5-19(12-16)27-14-20(24)22-18-6-9-23(10-7-18)21(25)17-8-11-26-13-17/h3-5,8,11-13,15,18H,6-7,9-10,14H2,1-2H3,(H,22,24). The van der Waals surface area contributed by atoms with Crippen LogP contribution in [0.1, 0.15) is 48.5 Å². The maximum Gasteiger partial charge on any atom is 0.258 e. The SMILES string of the molecule is CC(C)c1cccc(OCC(=O)NC2CCN(C(=O)c3ccoc3)CC2)c1. The van der Waals surface area contributed by atoms with Crippen molar-refractivity contribution in [2.45, 2.75) is 38.6 Å². The number of benzene rings is 1. The number of hydrogen-bond acceptors (Lipinski definition) is 4. The number of hydrogen-bond donors (Lipinski definition) is 1. The number of nitrogens with zero attached hydrogens (tertiary/aromatic N) is 1. The highest BCUT2D eigenvalue weighted by Crippen LogP contribution is 2.20. The first-order valence-electron chi connectivity index (χ1n) is 9.36. The zero-order valence-electron chi connectivity index (χ0n) is 15.8. The fourth-order valence-corrected chi connectivity index (χ4v) is 3.18. The number of piperidine rings is 1. The van der Waals surface area contributed by atoms with Gasteiger partial charge in [0.05, 0.1) is 11.8 Å². The molecule has 3 rings (SSSR count). The van der Waals surface area contributed by atoms with Gasteiger partial charge in [0.15, 0.2) is 6.61 Å². The molecule has 0 aliphatic carbocycles. The molecule has 0 spiro atoms. The molecule has 1 fully saturated rings. The molecule has 6 heteroatoms. The highest BCUT2D eigenvalue weighted by molar-refractivity contribution is 5.93. The van der Waals surface area contributed by atoms with Gasteiger partial charge in [-0.3, -0.25) is 9.59 Å². The van der Waals surface area contributed by atoms with Crippen LogP contribution in [0.4, 0.5) is 0 Å². The quantitative estimate of drug-likeness (QED) is 0.848. The maximum atomic E-state index is 12.3. The van der Waals surface area contributed by atoms with Crippen LogP contribution >= 0.6 is 0 Å².